The van der Waals surface area contributed by atoms with E-state index in [-0.39, 0.29) is 12.1 Å². The second-order valence-electron chi connectivity index (χ2n) is 6.42. The molecule has 1 N–H and O–H groups in total. The van der Waals surface area contributed by atoms with Crippen LogP contribution in [0.15, 0.2) is 36.8 Å². The van der Waals surface area contributed by atoms with Crippen molar-refractivity contribution < 1.29 is 4.79 Å². The summed E-state index contributed by atoms with van der Waals surface area (Å²) in [5, 5.41) is 3.05. The Balaban J connectivity index is 1.81. The lowest BCUT2D eigenvalue weighted by Crippen LogP contribution is -2.43. The third kappa shape index (κ3) is 5.65. The summed E-state index contributed by atoms with van der Waals surface area (Å²) in [4.78, 5) is 22.2. The van der Waals surface area contributed by atoms with Gasteiger partial charge in [-0.3, -0.25) is 9.97 Å². The largest absolute Gasteiger partial charge is 0.335 e. The van der Waals surface area contributed by atoms with Gasteiger partial charge in [0.1, 0.15) is 0 Å². The van der Waals surface area contributed by atoms with Crippen molar-refractivity contribution in [3.05, 3.63) is 59.2 Å². The van der Waals surface area contributed by atoms with E-state index in [1.807, 2.05) is 6.92 Å². The Bertz CT molecular complexity index is 652. The average molecular weight is 326 g/mol. The molecule has 0 radical (unpaired) electrons. The second-order valence-corrected chi connectivity index (χ2v) is 6.42. The average Bonchev–Trinajstić information content (AvgIpc) is 2.52. The number of urea groups is 1. The topological polar surface area (TPSA) is 58.1 Å². The Labute approximate surface area is 144 Å². The van der Waals surface area contributed by atoms with Gasteiger partial charge < -0.3 is 10.2 Å². The number of aromatic nitrogens is 2. The van der Waals surface area contributed by atoms with Gasteiger partial charge in [0.05, 0.1) is 5.69 Å². The van der Waals surface area contributed by atoms with Crippen molar-refractivity contribution in [3.63, 3.8) is 0 Å². The molecule has 0 aliphatic rings. The molecule has 128 valence electrons. The number of aryl methyl sites for hydroxylation is 2. The molecule has 2 aromatic rings. The van der Waals surface area contributed by atoms with Crippen LogP contribution in [-0.4, -0.2) is 40.5 Å². The molecule has 0 spiro atoms. The van der Waals surface area contributed by atoms with Crippen molar-refractivity contribution >= 4 is 6.03 Å². The summed E-state index contributed by atoms with van der Waals surface area (Å²) >= 11 is 0. The molecule has 0 saturated carbocycles. The molecular weight excluding hydrogens is 300 g/mol. The molecule has 1 heterocycles. The molecule has 2 amide bonds. The zero-order chi connectivity index (χ0) is 17.5. The van der Waals surface area contributed by atoms with Gasteiger partial charge in [-0.15, -0.1) is 0 Å². The van der Waals surface area contributed by atoms with Crippen molar-refractivity contribution in [2.24, 2.45) is 0 Å². The number of hydrogen-bond acceptors (Lipinski definition) is 3. The monoisotopic (exact) mass is 326 g/mol. The van der Waals surface area contributed by atoms with Crippen LogP contribution in [0, 0.1) is 13.8 Å². The first-order valence-corrected chi connectivity index (χ1v) is 8.27. The predicted molar refractivity (Wildman–Crippen MR) is 96.0 cm³/mol. The molecule has 1 aromatic heterocycles. The molecule has 0 aliphatic carbocycles. The Morgan fingerprint density at radius 3 is 2.54 bits per heavy atom. The number of carbonyl (C=O) groups excluding carboxylic acids is 1. The molecule has 1 aromatic carbocycles. The van der Waals surface area contributed by atoms with Gasteiger partial charge in [0.15, 0.2) is 0 Å². The summed E-state index contributed by atoms with van der Waals surface area (Å²) in [6.45, 7) is 6.84. The number of amides is 2. The van der Waals surface area contributed by atoms with Gasteiger partial charge in [0.25, 0.3) is 0 Å². The lowest BCUT2D eigenvalue weighted by atomic mass is 10.0. The van der Waals surface area contributed by atoms with Crippen LogP contribution >= 0.6 is 0 Å². The zero-order valence-corrected chi connectivity index (χ0v) is 14.9. The minimum absolute atomic E-state index is 0.0595. The predicted octanol–water partition coefficient (Wildman–Crippen LogP) is 2.91. The first-order chi connectivity index (χ1) is 11.4. The number of benzene rings is 1. The Hall–Kier alpha value is -2.43. The fourth-order valence-corrected chi connectivity index (χ4v) is 2.76. The smallest absolute Gasteiger partial charge is 0.317 e. The van der Waals surface area contributed by atoms with Gasteiger partial charge in [0.2, 0.25) is 0 Å². The summed E-state index contributed by atoms with van der Waals surface area (Å²) in [7, 11) is 1.80. The molecule has 5 nitrogen and oxygen atoms in total. The fraction of sp³-hybridized carbons (Fsp3) is 0.421. The normalized spacial score (nSPS) is 11.8. The van der Waals surface area contributed by atoms with Crippen LogP contribution in [0.5, 0.6) is 0 Å². The number of hydrogen-bond donors (Lipinski definition) is 1. The summed E-state index contributed by atoms with van der Waals surface area (Å²) in [5.41, 5.74) is 4.65. The van der Waals surface area contributed by atoms with Gasteiger partial charge in [-0.25, -0.2) is 4.79 Å². The van der Waals surface area contributed by atoms with Crippen molar-refractivity contribution in [2.75, 3.05) is 13.6 Å². The minimum Gasteiger partial charge on any atom is -0.335 e. The van der Waals surface area contributed by atoms with Crippen LogP contribution < -0.4 is 5.32 Å². The molecule has 0 fully saturated rings. The summed E-state index contributed by atoms with van der Waals surface area (Å²) < 4.78 is 0. The van der Waals surface area contributed by atoms with E-state index in [0.717, 1.165) is 12.1 Å². The summed E-state index contributed by atoms with van der Waals surface area (Å²) in [6, 6.07) is 6.53. The van der Waals surface area contributed by atoms with E-state index in [1.165, 1.54) is 16.7 Å². The maximum Gasteiger partial charge on any atom is 0.317 e. The number of carbonyl (C=O) groups is 1. The van der Waals surface area contributed by atoms with E-state index in [0.29, 0.717) is 13.0 Å². The van der Waals surface area contributed by atoms with E-state index in [9.17, 15) is 4.79 Å². The zero-order valence-electron chi connectivity index (χ0n) is 14.9. The molecule has 1 atom stereocenters. The molecule has 24 heavy (non-hydrogen) atoms. The van der Waals surface area contributed by atoms with E-state index >= 15 is 0 Å². The third-order valence-electron chi connectivity index (χ3n) is 3.86. The molecule has 0 bridgehead atoms. The van der Waals surface area contributed by atoms with Crippen LogP contribution in [0.4, 0.5) is 4.79 Å². The van der Waals surface area contributed by atoms with E-state index in [1.54, 1.807) is 30.5 Å². The molecule has 0 aliphatic heterocycles. The Morgan fingerprint density at radius 1 is 1.21 bits per heavy atom. The van der Waals surface area contributed by atoms with E-state index in [4.69, 9.17) is 0 Å². The van der Waals surface area contributed by atoms with Gasteiger partial charge >= 0.3 is 6.03 Å². The first kappa shape index (κ1) is 17.9. The Kier molecular flexibility index (Phi) is 6.29. The van der Waals surface area contributed by atoms with Crippen LogP contribution in [0.3, 0.4) is 0 Å². The highest BCUT2D eigenvalue weighted by Crippen LogP contribution is 2.11. The SMILES string of the molecule is Cc1cc(C)cc(C[C@@H](C)NC(=O)N(C)CCc2cnccn2)c1. The summed E-state index contributed by atoms with van der Waals surface area (Å²) in [5.74, 6) is 0. The summed E-state index contributed by atoms with van der Waals surface area (Å²) in [6.07, 6.45) is 6.57. The van der Waals surface area contributed by atoms with Crippen LogP contribution in [0.2, 0.25) is 0 Å². The maximum atomic E-state index is 12.3. The number of nitrogens with one attached hydrogen (secondary N) is 1. The number of likely N-dealkylation sites (N-methyl/N-ethyl adjacent to an activating group) is 1. The van der Waals surface area contributed by atoms with Crippen LogP contribution in [0.1, 0.15) is 29.3 Å². The second kappa shape index (κ2) is 8.43. The van der Waals surface area contributed by atoms with Gasteiger partial charge in [-0.05, 0) is 32.8 Å². The quantitative estimate of drug-likeness (QED) is 0.888. The lowest BCUT2D eigenvalue weighted by Gasteiger charge is -2.21. The van der Waals surface area contributed by atoms with E-state index < -0.39 is 0 Å². The van der Waals surface area contributed by atoms with Crippen LogP contribution in [0.25, 0.3) is 0 Å². The van der Waals surface area contributed by atoms with Crippen molar-refractivity contribution in [1.29, 1.82) is 0 Å². The molecule has 2 rings (SSSR count). The Morgan fingerprint density at radius 2 is 1.92 bits per heavy atom. The van der Waals surface area contributed by atoms with Crippen LogP contribution in [-0.2, 0) is 12.8 Å². The van der Waals surface area contributed by atoms with Gasteiger partial charge in [0, 0.05) is 44.6 Å². The van der Waals surface area contributed by atoms with Crippen molar-refractivity contribution in [2.45, 2.75) is 39.7 Å². The minimum atomic E-state index is -0.0595. The number of nitrogens with zero attached hydrogens (tertiary/aromatic N) is 3. The third-order valence-corrected chi connectivity index (χ3v) is 3.86. The highest BCUT2D eigenvalue weighted by molar-refractivity contribution is 5.74. The standard InChI is InChI=1S/C19H26N4O/c1-14-9-15(2)11-17(10-14)12-16(3)22-19(24)23(4)8-5-18-13-20-6-7-21-18/h6-7,9-11,13,16H,5,8,12H2,1-4H3,(H,22,24)/t16-/m1/s1. The van der Waals surface area contributed by atoms with E-state index in [2.05, 4.69) is 47.3 Å². The van der Waals surface area contributed by atoms with Crippen molar-refractivity contribution in [3.8, 4) is 0 Å². The molecular formula is C19H26N4O. The molecule has 0 saturated heterocycles. The number of rotatable bonds is 6. The maximum absolute atomic E-state index is 12.3. The van der Waals surface area contributed by atoms with Gasteiger partial charge in [-0.2, -0.15) is 0 Å². The first-order valence-electron chi connectivity index (χ1n) is 8.27. The molecule has 0 unspecified atom stereocenters. The highest BCUT2D eigenvalue weighted by Gasteiger charge is 2.13. The highest BCUT2D eigenvalue weighted by atomic mass is 16.2. The molecule has 5 heteroatoms. The van der Waals surface area contributed by atoms with Crippen molar-refractivity contribution in [1.82, 2.24) is 20.2 Å². The van der Waals surface area contributed by atoms with Gasteiger partial charge in [-0.1, -0.05) is 29.3 Å². The lowest BCUT2D eigenvalue weighted by molar-refractivity contribution is 0.205. The fourth-order valence-electron chi connectivity index (χ4n) is 2.76.